The Morgan fingerprint density at radius 2 is 0.313 bits per heavy atom. The SMILES string of the molecule is C=CCCCCOCC(CC)(CO)CO.C=CCCCCOCC(CO)(CO)CO.C=CCOCC(CC)(CO)CO.C=CCOCC(CO)(CO)CO.C=CCOCC(CO)(CO)COCC(CO)(CO)CO.C=COCC(CC)(CO)CO.C=COCC(CC)(CO)COCC(CO)(CO)CO.C=COCC(CO)(CO)CO.C=COCC(CO)(CO)COCC(CO)(CO)CO. The summed E-state index contributed by atoms with van der Waals surface area (Å²) in [7, 11) is 0. The molecule has 0 aliphatic carbocycles. The van der Waals surface area contributed by atoms with Crippen molar-refractivity contribution in [2.45, 2.75) is 91.9 Å². The number of hydrogen-bond acceptors (Lipinski definition) is 41. The summed E-state index contributed by atoms with van der Waals surface area (Å²) >= 11 is 0. The highest BCUT2D eigenvalue weighted by atomic mass is 16.5. The molecule has 1 atom stereocenters. The van der Waals surface area contributed by atoms with Crippen LogP contribution in [0.4, 0.5) is 0 Å². The van der Waals surface area contributed by atoms with E-state index < -0.39 is 105 Å². The lowest BCUT2D eigenvalue weighted by Gasteiger charge is -2.32. The molecule has 0 fully saturated rings. The summed E-state index contributed by atoms with van der Waals surface area (Å²) < 4.78 is 62.1. The highest BCUT2D eigenvalue weighted by Gasteiger charge is 2.39. The van der Waals surface area contributed by atoms with Crippen molar-refractivity contribution in [3.63, 3.8) is 0 Å². The zero-order valence-corrected chi connectivity index (χ0v) is 81.1. The molecular weight excluding hydrogens is 1770 g/mol. The van der Waals surface area contributed by atoms with Crippen molar-refractivity contribution in [1.82, 2.24) is 0 Å². The minimum Gasteiger partial charge on any atom is -0.501 e. The van der Waals surface area contributed by atoms with Gasteiger partial charge in [0.2, 0.25) is 0 Å². The number of allylic oxidation sites excluding steroid dienone is 2. The summed E-state index contributed by atoms with van der Waals surface area (Å²) in [6.45, 7) is 35.0. The van der Waals surface area contributed by atoms with Gasteiger partial charge >= 0.3 is 0 Å². The maximum absolute atomic E-state index is 9.46. The Morgan fingerprint density at radius 1 is 0.164 bits per heavy atom. The molecule has 29 N–H and O–H groups in total. The first kappa shape index (κ1) is 147. The third kappa shape index (κ3) is 66.9. The van der Waals surface area contributed by atoms with Gasteiger partial charge in [-0.25, -0.2) is 0 Å². The van der Waals surface area contributed by atoms with Gasteiger partial charge in [-0.3, -0.25) is 0 Å². The first-order valence-electron chi connectivity index (χ1n) is 44.4. The van der Waals surface area contributed by atoms with Gasteiger partial charge in [-0.05, 0) is 64.2 Å². The molecule has 0 aromatic carbocycles. The van der Waals surface area contributed by atoms with Crippen molar-refractivity contribution in [1.29, 1.82) is 0 Å². The Labute approximate surface area is 797 Å². The highest BCUT2D eigenvalue weighted by molar-refractivity contribution is 4.87. The minimum atomic E-state index is -1.14. The quantitative estimate of drug-likeness (QED) is 0.0166. The Kier molecular flexibility index (Phi) is 105. The second-order valence-corrected chi connectivity index (χ2v) is 33.5. The lowest BCUT2D eigenvalue weighted by atomic mass is 9.87. The van der Waals surface area contributed by atoms with E-state index >= 15 is 0 Å². The second-order valence-electron chi connectivity index (χ2n) is 33.5. The van der Waals surface area contributed by atoms with E-state index in [1.165, 1.54) is 25.0 Å². The molecule has 0 aliphatic heterocycles. The summed E-state index contributed by atoms with van der Waals surface area (Å²) in [5.74, 6) is 0. The molecule has 0 heterocycles. The van der Waals surface area contributed by atoms with E-state index in [-0.39, 0.29) is 238 Å². The molecular formula is C93H186O41. The number of unbranched alkanes of at least 4 members (excludes halogenated alkanes) is 4. The molecule has 0 amide bonds. The van der Waals surface area contributed by atoms with Crippen LogP contribution in [0.1, 0.15) is 91.9 Å². The second kappa shape index (κ2) is 95.9. The molecule has 804 valence electrons. The van der Waals surface area contributed by atoms with Crippen LogP contribution in [0.3, 0.4) is 0 Å². The fourth-order valence-electron chi connectivity index (χ4n) is 9.15. The molecule has 0 spiro atoms. The summed E-state index contributed by atoms with van der Waals surface area (Å²) in [5.41, 5.74) is -10.1. The molecule has 0 saturated carbocycles. The number of aliphatic hydroxyl groups is 29. The van der Waals surface area contributed by atoms with Gasteiger partial charge in [0.1, 0.15) is 0 Å². The fraction of sp³-hybridized carbons (Fsp3) is 0.806. The largest absolute Gasteiger partial charge is 0.501 e. The van der Waals surface area contributed by atoms with Crippen molar-refractivity contribution in [2.24, 2.45) is 65.0 Å². The van der Waals surface area contributed by atoms with E-state index in [2.05, 4.69) is 59.2 Å². The first-order chi connectivity index (χ1) is 64.2. The molecule has 0 saturated heterocycles. The predicted molar refractivity (Wildman–Crippen MR) is 506 cm³/mol. The standard InChI is InChI=1S/C13H26O7.C13H26O6.C12H24O7.C12H24O3.C11H22O4.C9H18O3.C8H16O4.C8H16O3.C7H14O4/c1-2-3-19-10-13(7-17,8-18)11-20-9-12(4-14,5-15)6-16;1-3-12(5-14,9-18-4-2)10-19-11-13(6-15,7-16)8-17;1-2-18-9-12(6-16,7-17)10-19-8-11(3-13,4-14)5-15;1-3-5-6-7-8-15-11-12(4-2,9-13)10-14;1-2-3-4-5-6-15-10-11(7-12,8-13)9-14;1-3-5-12-8-9(4-2,6-10)7-11;1-2-3-12-7-8(4-9,5-10)6-11;1-3-8(5-9,6-10)7-11-4-2;1-2-11-6-7(3-8,4-9)5-10/h2,14-18H,1,3-11H2;4,14-17H,2-3,5-11H2,1H3;2,13-17H,1,3-10H2;3,13-14H,1,4-11H2,2H3;2,12-14H,1,3-10H2;3,10-11H,1,4-8H2,2H3;2,9-11H,1,3-7H2;4,9-10H,2-3,5-7H2,1H3;2,8-10H,1,3-6H2. The Balaban J connectivity index is -0.000000189. The summed E-state index contributed by atoms with van der Waals surface area (Å²) in [6.07, 6.45) is 22.3. The predicted octanol–water partition coefficient (Wildman–Crippen LogP) is -2.83. The molecule has 0 rings (SSSR count). The zero-order valence-electron chi connectivity index (χ0n) is 81.1. The fourth-order valence-corrected chi connectivity index (χ4v) is 9.15. The number of rotatable bonds is 83. The first-order valence-corrected chi connectivity index (χ1v) is 44.4. The average molecular weight is 1960 g/mol. The van der Waals surface area contributed by atoms with E-state index in [0.717, 1.165) is 44.9 Å². The molecule has 0 aromatic rings. The lowest BCUT2D eigenvalue weighted by molar-refractivity contribution is -0.109. The Hall–Kier alpha value is -4.62. The Morgan fingerprint density at radius 3 is 0.522 bits per heavy atom. The van der Waals surface area contributed by atoms with E-state index in [4.69, 9.17) is 164 Å². The molecule has 0 aliphatic rings. The van der Waals surface area contributed by atoms with Crippen LogP contribution in [0.25, 0.3) is 0 Å². The van der Waals surface area contributed by atoms with E-state index in [0.29, 0.717) is 65.5 Å². The number of ether oxygens (including phenoxy) is 12. The monoisotopic (exact) mass is 1960 g/mol. The van der Waals surface area contributed by atoms with Crippen molar-refractivity contribution in [2.75, 3.05) is 324 Å². The third-order valence-corrected chi connectivity index (χ3v) is 21.8. The van der Waals surface area contributed by atoms with Crippen LogP contribution in [0.5, 0.6) is 0 Å². The number of aliphatic hydroxyl groups excluding tert-OH is 29. The van der Waals surface area contributed by atoms with E-state index in [9.17, 15) is 40.9 Å². The van der Waals surface area contributed by atoms with Crippen LogP contribution in [0.15, 0.2) is 115 Å². The molecule has 0 aromatic heterocycles. The third-order valence-electron chi connectivity index (χ3n) is 21.8. The smallest absolute Gasteiger partial charge is 0.0995 e. The van der Waals surface area contributed by atoms with Gasteiger partial charge < -0.3 is 205 Å². The van der Waals surface area contributed by atoms with Crippen LogP contribution < -0.4 is 0 Å². The van der Waals surface area contributed by atoms with Gasteiger partial charge in [0.25, 0.3) is 0 Å². The van der Waals surface area contributed by atoms with Crippen LogP contribution >= 0.6 is 0 Å². The van der Waals surface area contributed by atoms with Gasteiger partial charge in [-0.15, -0.1) is 32.9 Å². The Bertz CT molecular complexity index is 2330. The lowest BCUT2D eigenvalue weighted by Crippen LogP contribution is -2.43. The summed E-state index contributed by atoms with van der Waals surface area (Å²) in [5, 5.41) is 263. The molecule has 1 unspecified atom stereocenters. The van der Waals surface area contributed by atoms with Gasteiger partial charge in [-0.1, -0.05) is 84.4 Å². The zero-order chi connectivity index (χ0) is 105. The molecule has 0 bridgehead atoms. The van der Waals surface area contributed by atoms with Gasteiger partial charge in [0.05, 0.1) is 390 Å². The molecule has 0 radical (unpaired) electrons. The topological polar surface area (TPSA) is 697 Å². The van der Waals surface area contributed by atoms with E-state index in [1.54, 1.807) is 18.2 Å². The molecule has 41 nitrogen and oxygen atoms in total. The van der Waals surface area contributed by atoms with Crippen LogP contribution in [0, 0.1) is 65.0 Å². The molecule has 41 heteroatoms. The van der Waals surface area contributed by atoms with Gasteiger partial charge in [-0.2, -0.15) is 0 Å². The van der Waals surface area contributed by atoms with Crippen molar-refractivity contribution >= 4 is 0 Å². The summed E-state index contributed by atoms with van der Waals surface area (Å²) in [4.78, 5) is 0. The van der Waals surface area contributed by atoms with E-state index in [1.807, 2.05) is 39.8 Å². The van der Waals surface area contributed by atoms with Crippen molar-refractivity contribution in [3.8, 4) is 0 Å². The van der Waals surface area contributed by atoms with Gasteiger partial charge in [0.15, 0.2) is 0 Å². The van der Waals surface area contributed by atoms with Crippen LogP contribution in [0.2, 0.25) is 0 Å². The minimum absolute atomic E-state index is 0.00629. The summed E-state index contributed by atoms with van der Waals surface area (Å²) in [6, 6.07) is 0. The number of hydrogen-bond donors (Lipinski definition) is 29. The van der Waals surface area contributed by atoms with Crippen molar-refractivity contribution < 1.29 is 205 Å². The van der Waals surface area contributed by atoms with Crippen molar-refractivity contribution in [3.05, 3.63) is 115 Å². The van der Waals surface area contributed by atoms with Gasteiger partial charge in [0, 0.05) is 24.0 Å². The van der Waals surface area contributed by atoms with Crippen LogP contribution in [-0.4, -0.2) is 472 Å². The molecule has 134 heavy (non-hydrogen) atoms. The normalized spacial score (nSPS) is 12.3. The highest BCUT2D eigenvalue weighted by Crippen LogP contribution is 2.29. The average Bonchev–Trinajstić information content (AvgIpc) is 0.858. The van der Waals surface area contributed by atoms with Crippen LogP contribution in [-0.2, 0) is 56.8 Å². The maximum atomic E-state index is 9.46. The maximum Gasteiger partial charge on any atom is 0.0995 e.